The lowest BCUT2D eigenvalue weighted by atomic mass is 10.3. The van der Waals surface area contributed by atoms with Crippen LogP contribution < -0.4 is 5.32 Å². The molecule has 2 nitrogen and oxygen atoms in total. The lowest BCUT2D eigenvalue weighted by Gasteiger charge is -2.10. The van der Waals surface area contributed by atoms with Crippen LogP contribution in [0.15, 0.2) is 30.3 Å². The summed E-state index contributed by atoms with van der Waals surface area (Å²) in [7, 11) is 0. The molecule has 2 N–H and O–H groups in total. The molecule has 3 heteroatoms. The largest absolute Gasteiger partial charge is 0.374 e. The highest BCUT2D eigenvalue weighted by Crippen LogP contribution is 2.06. The number of para-hydroxylation sites is 1. The van der Waals surface area contributed by atoms with E-state index >= 15 is 0 Å². The molecule has 1 atom stereocenters. The number of anilines is 1. The zero-order chi connectivity index (χ0) is 8.10. The zero-order valence-electron chi connectivity index (χ0n) is 7.03. The zero-order valence-corrected chi connectivity index (χ0v) is 7.84. The molecule has 0 aliphatic heterocycles. The summed E-state index contributed by atoms with van der Waals surface area (Å²) in [6.07, 6.45) is 0.284. The van der Waals surface area contributed by atoms with Crippen molar-refractivity contribution in [3.05, 3.63) is 30.3 Å². The maximum absolute atomic E-state index is 9.20. The Morgan fingerprint density at radius 2 is 1.92 bits per heavy atom. The topological polar surface area (TPSA) is 32.3 Å². The Labute approximate surface area is 79.0 Å². The Balaban J connectivity index is 0.00000121. The number of nitrogens with one attached hydrogen (secondary N) is 1. The molecule has 0 aromatic heterocycles. The lowest BCUT2D eigenvalue weighted by Crippen LogP contribution is -2.16. The van der Waals surface area contributed by atoms with Crippen LogP contribution in [-0.2, 0) is 0 Å². The van der Waals surface area contributed by atoms with Crippen LogP contribution >= 0.6 is 12.4 Å². The van der Waals surface area contributed by atoms with Crippen LogP contribution in [0.5, 0.6) is 0 Å². The Morgan fingerprint density at radius 1 is 1.33 bits per heavy atom. The SMILES string of the molecule is CCC(O)Nc1ccccc1.Cl. The van der Waals surface area contributed by atoms with Crippen LogP contribution in [0.1, 0.15) is 13.3 Å². The predicted molar refractivity (Wildman–Crippen MR) is 53.6 cm³/mol. The predicted octanol–water partition coefficient (Wildman–Crippen LogP) is 2.25. The maximum atomic E-state index is 9.20. The number of hydrogen-bond acceptors (Lipinski definition) is 2. The summed E-state index contributed by atoms with van der Waals surface area (Å²) in [5.41, 5.74) is 0.960. The van der Waals surface area contributed by atoms with Gasteiger partial charge in [0.2, 0.25) is 0 Å². The van der Waals surface area contributed by atoms with Crippen LogP contribution in [0.4, 0.5) is 5.69 Å². The molecule has 1 aromatic rings. The van der Waals surface area contributed by atoms with E-state index in [4.69, 9.17) is 0 Å². The Hall–Kier alpha value is -0.730. The van der Waals surface area contributed by atoms with Gasteiger partial charge < -0.3 is 10.4 Å². The lowest BCUT2D eigenvalue weighted by molar-refractivity contribution is 0.199. The first-order valence-electron chi connectivity index (χ1n) is 3.82. The molecular formula is C9H14ClNO. The van der Waals surface area contributed by atoms with Gasteiger partial charge in [-0.15, -0.1) is 12.4 Å². The highest BCUT2D eigenvalue weighted by atomic mass is 35.5. The average Bonchev–Trinajstić information content (AvgIpc) is 2.06. The van der Waals surface area contributed by atoms with Crippen LogP contribution in [0.3, 0.4) is 0 Å². The molecule has 0 fully saturated rings. The second-order valence-corrected chi connectivity index (χ2v) is 2.43. The van der Waals surface area contributed by atoms with Crippen molar-refractivity contribution in [2.45, 2.75) is 19.6 Å². The van der Waals surface area contributed by atoms with E-state index in [0.717, 1.165) is 12.1 Å². The van der Waals surface area contributed by atoms with Gasteiger partial charge in [0.05, 0.1) is 0 Å². The molecule has 1 unspecified atom stereocenters. The van der Waals surface area contributed by atoms with E-state index in [0.29, 0.717) is 0 Å². The van der Waals surface area contributed by atoms with E-state index in [1.165, 1.54) is 0 Å². The third-order valence-corrected chi connectivity index (χ3v) is 1.49. The van der Waals surface area contributed by atoms with Crippen molar-refractivity contribution in [2.75, 3.05) is 5.32 Å². The minimum absolute atomic E-state index is 0. The molecule has 0 heterocycles. The van der Waals surface area contributed by atoms with Gasteiger partial charge in [-0.2, -0.15) is 0 Å². The van der Waals surface area contributed by atoms with Gasteiger partial charge in [-0.05, 0) is 18.6 Å². The molecule has 1 rings (SSSR count). The first kappa shape index (κ1) is 11.3. The van der Waals surface area contributed by atoms with Crippen LogP contribution in [0, 0.1) is 0 Å². The molecule has 1 aromatic carbocycles. The van der Waals surface area contributed by atoms with E-state index in [9.17, 15) is 5.11 Å². The van der Waals surface area contributed by atoms with Gasteiger partial charge in [0.25, 0.3) is 0 Å². The highest BCUT2D eigenvalue weighted by molar-refractivity contribution is 5.85. The summed E-state index contributed by atoms with van der Waals surface area (Å²) in [5, 5.41) is 12.1. The second-order valence-electron chi connectivity index (χ2n) is 2.43. The molecule has 0 saturated carbocycles. The minimum atomic E-state index is -0.433. The maximum Gasteiger partial charge on any atom is 0.124 e. The van der Waals surface area contributed by atoms with Crippen LogP contribution in [0.2, 0.25) is 0 Å². The Kier molecular flexibility index (Phi) is 5.51. The van der Waals surface area contributed by atoms with Crippen LogP contribution in [-0.4, -0.2) is 11.3 Å². The average molecular weight is 188 g/mol. The summed E-state index contributed by atoms with van der Waals surface area (Å²) >= 11 is 0. The summed E-state index contributed by atoms with van der Waals surface area (Å²) in [6.45, 7) is 1.93. The number of rotatable bonds is 3. The van der Waals surface area contributed by atoms with Crippen molar-refractivity contribution in [3.63, 3.8) is 0 Å². The van der Waals surface area contributed by atoms with E-state index in [2.05, 4.69) is 5.32 Å². The van der Waals surface area contributed by atoms with E-state index in [1.54, 1.807) is 0 Å². The van der Waals surface area contributed by atoms with Gasteiger partial charge in [0, 0.05) is 5.69 Å². The fraction of sp³-hybridized carbons (Fsp3) is 0.333. The molecule has 0 bridgehead atoms. The van der Waals surface area contributed by atoms with Gasteiger partial charge in [0.1, 0.15) is 6.23 Å². The smallest absolute Gasteiger partial charge is 0.124 e. The van der Waals surface area contributed by atoms with Gasteiger partial charge in [-0.3, -0.25) is 0 Å². The van der Waals surface area contributed by atoms with E-state index in [1.807, 2.05) is 37.3 Å². The van der Waals surface area contributed by atoms with Crippen molar-refractivity contribution in [1.82, 2.24) is 0 Å². The normalized spacial score (nSPS) is 11.5. The van der Waals surface area contributed by atoms with Crippen molar-refractivity contribution in [2.24, 2.45) is 0 Å². The molecule has 0 saturated heterocycles. The van der Waals surface area contributed by atoms with E-state index < -0.39 is 6.23 Å². The van der Waals surface area contributed by atoms with Gasteiger partial charge in [0.15, 0.2) is 0 Å². The van der Waals surface area contributed by atoms with E-state index in [-0.39, 0.29) is 12.4 Å². The highest BCUT2D eigenvalue weighted by Gasteiger charge is 1.97. The summed E-state index contributed by atoms with van der Waals surface area (Å²) in [5.74, 6) is 0. The number of hydrogen-bond donors (Lipinski definition) is 2. The molecule has 0 aliphatic carbocycles. The fourth-order valence-electron chi connectivity index (χ4n) is 0.829. The first-order valence-corrected chi connectivity index (χ1v) is 3.82. The number of aliphatic hydroxyl groups is 1. The molecular weight excluding hydrogens is 174 g/mol. The molecule has 68 valence electrons. The van der Waals surface area contributed by atoms with Crippen molar-refractivity contribution in [1.29, 1.82) is 0 Å². The summed E-state index contributed by atoms with van der Waals surface area (Å²) < 4.78 is 0. The Bertz CT molecular complexity index is 203. The Morgan fingerprint density at radius 3 is 2.42 bits per heavy atom. The molecule has 12 heavy (non-hydrogen) atoms. The van der Waals surface area contributed by atoms with Crippen molar-refractivity contribution >= 4 is 18.1 Å². The monoisotopic (exact) mass is 187 g/mol. The third kappa shape index (κ3) is 3.60. The number of benzene rings is 1. The first-order chi connectivity index (χ1) is 5.33. The van der Waals surface area contributed by atoms with Gasteiger partial charge in [-0.1, -0.05) is 25.1 Å². The van der Waals surface area contributed by atoms with Crippen LogP contribution in [0.25, 0.3) is 0 Å². The number of halogens is 1. The minimum Gasteiger partial charge on any atom is -0.374 e. The molecule has 0 aliphatic rings. The van der Waals surface area contributed by atoms with Gasteiger partial charge >= 0.3 is 0 Å². The summed E-state index contributed by atoms with van der Waals surface area (Å²) in [6, 6.07) is 9.68. The number of aliphatic hydroxyl groups excluding tert-OH is 1. The standard InChI is InChI=1S/C9H13NO.ClH/c1-2-9(11)10-8-6-4-3-5-7-8;/h3-7,9-11H,2H2,1H3;1H. The third-order valence-electron chi connectivity index (χ3n) is 1.49. The van der Waals surface area contributed by atoms with Crippen molar-refractivity contribution in [3.8, 4) is 0 Å². The second kappa shape index (κ2) is 5.86. The fourth-order valence-corrected chi connectivity index (χ4v) is 0.829. The van der Waals surface area contributed by atoms with Gasteiger partial charge in [-0.25, -0.2) is 0 Å². The molecule has 0 amide bonds. The summed E-state index contributed by atoms with van der Waals surface area (Å²) in [4.78, 5) is 0. The van der Waals surface area contributed by atoms with Crippen molar-refractivity contribution < 1.29 is 5.11 Å². The quantitative estimate of drug-likeness (QED) is 0.712. The molecule has 0 radical (unpaired) electrons. The molecule has 0 spiro atoms.